The Hall–Kier alpha value is -0.870. The van der Waals surface area contributed by atoms with E-state index in [1.54, 1.807) is 0 Å². The van der Waals surface area contributed by atoms with Crippen molar-refractivity contribution in [3.63, 3.8) is 0 Å². The van der Waals surface area contributed by atoms with Gasteiger partial charge in [-0.1, -0.05) is 11.6 Å². The van der Waals surface area contributed by atoms with Crippen molar-refractivity contribution in [2.24, 2.45) is 0 Å². The van der Waals surface area contributed by atoms with Crippen molar-refractivity contribution in [3.05, 3.63) is 33.8 Å². The molecule has 2 rings (SSSR count). The summed E-state index contributed by atoms with van der Waals surface area (Å²) in [5.41, 5.74) is 0.816. The maximum atomic E-state index is 11.0. The molecule has 0 N–H and O–H groups in total. The number of Topliss-reactive ketones (excluding diaryl/α,β-unsaturated/α-hetero) is 1. The van der Waals surface area contributed by atoms with Crippen molar-refractivity contribution in [2.75, 3.05) is 0 Å². The molecule has 0 saturated heterocycles. The molecule has 0 aromatic carbocycles. The molecule has 0 amide bonds. The zero-order chi connectivity index (χ0) is 11.0. The summed E-state index contributed by atoms with van der Waals surface area (Å²) in [4.78, 5) is 15.2. The van der Waals surface area contributed by atoms with Crippen molar-refractivity contribution < 1.29 is 4.79 Å². The molecule has 0 unspecified atom stereocenters. The molecule has 2 heterocycles. The quantitative estimate of drug-likeness (QED) is 0.851. The van der Waals surface area contributed by atoms with Gasteiger partial charge < -0.3 is 4.40 Å². The number of aromatic nitrogens is 2. The minimum absolute atomic E-state index is 0.0681. The minimum Gasteiger partial charge on any atom is -0.301 e. The molecule has 5 heteroatoms. The number of rotatable bonds is 2. The summed E-state index contributed by atoms with van der Waals surface area (Å²) in [5, 5.41) is 0.429. The summed E-state index contributed by atoms with van der Waals surface area (Å²) < 4.78 is 2.75. The second-order valence-electron chi connectivity index (χ2n) is 3.30. The molecule has 0 bridgehead atoms. The molecule has 2 aromatic rings. The van der Waals surface area contributed by atoms with E-state index in [-0.39, 0.29) is 5.78 Å². The van der Waals surface area contributed by atoms with Crippen molar-refractivity contribution in [1.29, 1.82) is 0 Å². The van der Waals surface area contributed by atoms with E-state index in [2.05, 4.69) is 20.9 Å². The van der Waals surface area contributed by atoms with Crippen LogP contribution in [0.5, 0.6) is 0 Å². The highest BCUT2D eigenvalue weighted by molar-refractivity contribution is 9.10. The van der Waals surface area contributed by atoms with Crippen LogP contribution < -0.4 is 0 Å². The Morgan fingerprint density at radius 3 is 3.00 bits per heavy atom. The van der Waals surface area contributed by atoms with E-state index >= 15 is 0 Å². The third kappa shape index (κ3) is 2.06. The molecule has 0 atom stereocenters. The molecule has 3 nitrogen and oxygen atoms in total. The zero-order valence-corrected chi connectivity index (χ0v) is 10.3. The molecular formula is C10H8BrClN2O. The van der Waals surface area contributed by atoms with Crippen molar-refractivity contribution in [2.45, 2.75) is 13.3 Å². The Balaban J connectivity index is 2.64. The van der Waals surface area contributed by atoms with Gasteiger partial charge in [0.05, 0.1) is 11.9 Å². The highest BCUT2D eigenvalue weighted by Crippen LogP contribution is 2.21. The van der Waals surface area contributed by atoms with Crippen LogP contribution >= 0.6 is 27.5 Å². The SMILES string of the molecule is CC(=O)Cc1nc(Cl)c2ccc(Br)cn12. The summed E-state index contributed by atoms with van der Waals surface area (Å²) in [6.07, 6.45) is 2.15. The van der Waals surface area contributed by atoms with Crippen molar-refractivity contribution >= 4 is 38.8 Å². The van der Waals surface area contributed by atoms with Gasteiger partial charge in [0, 0.05) is 10.7 Å². The molecule has 0 fully saturated rings. The lowest BCUT2D eigenvalue weighted by Gasteiger charge is -1.99. The number of ketones is 1. The molecule has 0 spiro atoms. The number of halogens is 2. The van der Waals surface area contributed by atoms with Gasteiger partial charge in [-0.25, -0.2) is 4.98 Å². The maximum absolute atomic E-state index is 11.0. The predicted octanol–water partition coefficient (Wildman–Crippen LogP) is 2.88. The van der Waals surface area contributed by atoms with Crippen LogP contribution in [0.4, 0.5) is 0 Å². The number of hydrogen-bond acceptors (Lipinski definition) is 2. The van der Waals surface area contributed by atoms with E-state index < -0.39 is 0 Å². The third-order valence-electron chi connectivity index (χ3n) is 2.04. The molecule has 0 saturated carbocycles. The lowest BCUT2D eigenvalue weighted by molar-refractivity contribution is -0.116. The van der Waals surface area contributed by atoms with Crippen LogP contribution in [0, 0.1) is 0 Å². The fourth-order valence-corrected chi connectivity index (χ4v) is 2.02. The lowest BCUT2D eigenvalue weighted by Crippen LogP contribution is -2.01. The molecular weight excluding hydrogens is 279 g/mol. The van der Waals surface area contributed by atoms with Gasteiger partial charge in [-0.2, -0.15) is 0 Å². The summed E-state index contributed by atoms with van der Waals surface area (Å²) in [6, 6.07) is 3.75. The molecule has 15 heavy (non-hydrogen) atoms. The third-order valence-corrected chi connectivity index (χ3v) is 2.78. The Labute approximate surface area is 100 Å². The molecule has 2 aromatic heterocycles. The average molecular weight is 288 g/mol. The fourth-order valence-electron chi connectivity index (χ4n) is 1.43. The summed E-state index contributed by atoms with van der Waals surface area (Å²) in [5.74, 6) is 0.738. The zero-order valence-electron chi connectivity index (χ0n) is 8.00. The van der Waals surface area contributed by atoms with Gasteiger partial charge in [0.15, 0.2) is 5.15 Å². The molecule has 78 valence electrons. The Bertz CT molecular complexity index is 535. The standard InChI is InChI=1S/C10H8BrClN2O/c1-6(15)4-9-13-10(12)8-3-2-7(11)5-14(8)9/h2-3,5H,4H2,1H3. The second-order valence-corrected chi connectivity index (χ2v) is 4.57. The van der Waals surface area contributed by atoms with E-state index in [0.29, 0.717) is 17.4 Å². The van der Waals surface area contributed by atoms with Gasteiger partial charge in [-0.15, -0.1) is 0 Å². The van der Waals surface area contributed by atoms with Gasteiger partial charge in [0.1, 0.15) is 11.6 Å². The molecule has 0 aliphatic rings. The van der Waals surface area contributed by atoms with E-state index in [9.17, 15) is 4.79 Å². The first-order valence-electron chi connectivity index (χ1n) is 4.39. The summed E-state index contributed by atoms with van der Waals surface area (Å²) in [6.45, 7) is 1.53. The van der Waals surface area contributed by atoms with Gasteiger partial charge in [-0.05, 0) is 35.0 Å². The van der Waals surface area contributed by atoms with Crippen LogP contribution in [0.15, 0.2) is 22.8 Å². The van der Waals surface area contributed by atoms with Crippen LogP contribution in [0.1, 0.15) is 12.7 Å². The molecule has 0 aliphatic carbocycles. The first kappa shape index (κ1) is 10.6. The lowest BCUT2D eigenvalue weighted by atomic mass is 10.3. The highest BCUT2D eigenvalue weighted by Gasteiger charge is 2.10. The largest absolute Gasteiger partial charge is 0.301 e. The summed E-state index contributed by atoms with van der Waals surface area (Å²) in [7, 11) is 0. The van der Waals surface area contributed by atoms with E-state index in [1.165, 1.54) is 6.92 Å². The number of fused-ring (bicyclic) bond motifs is 1. The number of imidazole rings is 1. The molecule has 0 aliphatic heterocycles. The van der Waals surface area contributed by atoms with Crippen LogP contribution in [0.25, 0.3) is 5.52 Å². The summed E-state index contributed by atoms with van der Waals surface area (Å²) >= 11 is 9.32. The van der Waals surface area contributed by atoms with E-state index in [1.807, 2.05) is 22.7 Å². The highest BCUT2D eigenvalue weighted by atomic mass is 79.9. The van der Waals surface area contributed by atoms with Gasteiger partial charge in [-0.3, -0.25) is 4.79 Å². The Morgan fingerprint density at radius 2 is 2.33 bits per heavy atom. The minimum atomic E-state index is 0.0681. The number of carbonyl (C=O) groups is 1. The van der Waals surface area contributed by atoms with Crippen LogP contribution in [0.3, 0.4) is 0 Å². The predicted molar refractivity (Wildman–Crippen MR) is 62.3 cm³/mol. The fraction of sp³-hybridized carbons (Fsp3) is 0.200. The van der Waals surface area contributed by atoms with E-state index in [0.717, 1.165) is 9.99 Å². The average Bonchev–Trinajstić information content (AvgIpc) is 2.42. The van der Waals surface area contributed by atoms with Crippen LogP contribution in [-0.4, -0.2) is 15.2 Å². The number of hydrogen-bond donors (Lipinski definition) is 0. The van der Waals surface area contributed by atoms with Crippen molar-refractivity contribution in [1.82, 2.24) is 9.38 Å². The van der Waals surface area contributed by atoms with Crippen molar-refractivity contribution in [3.8, 4) is 0 Å². The first-order chi connectivity index (χ1) is 7.08. The first-order valence-corrected chi connectivity index (χ1v) is 5.56. The topological polar surface area (TPSA) is 34.4 Å². The Kier molecular flexibility index (Phi) is 2.80. The maximum Gasteiger partial charge on any atom is 0.155 e. The van der Waals surface area contributed by atoms with E-state index in [4.69, 9.17) is 11.6 Å². The smallest absolute Gasteiger partial charge is 0.155 e. The number of nitrogens with zero attached hydrogens (tertiary/aromatic N) is 2. The molecule has 0 radical (unpaired) electrons. The monoisotopic (exact) mass is 286 g/mol. The second kappa shape index (κ2) is 3.94. The number of pyridine rings is 1. The van der Waals surface area contributed by atoms with Gasteiger partial charge in [0.25, 0.3) is 0 Å². The Morgan fingerprint density at radius 1 is 1.60 bits per heavy atom. The van der Waals surface area contributed by atoms with Crippen LogP contribution in [0.2, 0.25) is 5.15 Å². The van der Waals surface area contributed by atoms with Gasteiger partial charge >= 0.3 is 0 Å². The van der Waals surface area contributed by atoms with Gasteiger partial charge in [0.2, 0.25) is 0 Å². The van der Waals surface area contributed by atoms with Crippen LogP contribution in [-0.2, 0) is 11.2 Å². The normalized spacial score (nSPS) is 10.9. The number of carbonyl (C=O) groups excluding carboxylic acids is 1.